The Bertz CT molecular complexity index is 1330. The molecule has 0 heterocycles. The summed E-state index contributed by atoms with van der Waals surface area (Å²) in [5, 5.41) is 9.37. The van der Waals surface area contributed by atoms with E-state index in [1.807, 2.05) is 54.6 Å². The summed E-state index contributed by atoms with van der Waals surface area (Å²) in [6, 6.07) is 42.7. The topological polar surface area (TPSA) is 37.3 Å². The average molecular weight is 427 g/mol. The van der Waals surface area contributed by atoms with Crippen LogP contribution in [0.3, 0.4) is 0 Å². The van der Waals surface area contributed by atoms with Gasteiger partial charge in [0, 0.05) is 0 Å². The fourth-order valence-electron chi connectivity index (χ4n) is 4.22. The minimum absolute atomic E-state index is 0.280. The van der Waals surface area contributed by atoms with Crippen LogP contribution < -0.4 is 0 Å². The minimum Gasteiger partial charge on any atom is -0.478 e. The van der Waals surface area contributed by atoms with Gasteiger partial charge in [-0.15, -0.1) is 0 Å². The van der Waals surface area contributed by atoms with Crippen molar-refractivity contribution in [3.63, 3.8) is 0 Å². The Morgan fingerprint density at radius 1 is 0.455 bits per heavy atom. The summed E-state index contributed by atoms with van der Waals surface area (Å²) in [6.07, 6.45) is 0. The highest BCUT2D eigenvalue weighted by Crippen LogP contribution is 2.43. The lowest BCUT2D eigenvalue weighted by atomic mass is 9.84. The summed E-state index contributed by atoms with van der Waals surface area (Å²) in [5.74, 6) is -0.924. The van der Waals surface area contributed by atoms with Gasteiger partial charge in [-0.1, -0.05) is 103 Å². The van der Waals surface area contributed by atoms with Gasteiger partial charge in [0.1, 0.15) is 0 Å². The molecule has 5 rings (SSSR count). The highest BCUT2D eigenvalue weighted by atomic mass is 16.4. The van der Waals surface area contributed by atoms with E-state index in [4.69, 9.17) is 0 Å². The molecule has 5 aromatic rings. The third-order valence-corrected chi connectivity index (χ3v) is 5.84. The zero-order valence-corrected chi connectivity index (χ0v) is 18.0. The molecule has 0 amide bonds. The number of hydrogen-bond acceptors (Lipinski definition) is 1. The van der Waals surface area contributed by atoms with E-state index in [-0.39, 0.29) is 5.56 Å². The van der Waals surface area contributed by atoms with Crippen LogP contribution in [-0.2, 0) is 0 Å². The Morgan fingerprint density at radius 2 is 0.879 bits per heavy atom. The molecule has 0 fully saturated rings. The first-order valence-corrected chi connectivity index (χ1v) is 10.9. The maximum Gasteiger partial charge on any atom is 0.335 e. The standard InChI is InChI=1S/C31H22O2/c32-31(33)26-18-16-25(17-19-26)30-28(23-12-6-2-7-13-23)20-27(22-10-4-1-5-11-22)21-29(30)24-14-8-3-9-15-24/h1-21H,(H,32,33). The normalized spacial score (nSPS) is 10.7. The highest BCUT2D eigenvalue weighted by Gasteiger charge is 2.17. The van der Waals surface area contributed by atoms with Gasteiger partial charge in [-0.25, -0.2) is 4.79 Å². The first-order chi connectivity index (χ1) is 16.2. The molecule has 158 valence electrons. The summed E-state index contributed by atoms with van der Waals surface area (Å²) in [7, 11) is 0. The van der Waals surface area contributed by atoms with Crippen LogP contribution >= 0.6 is 0 Å². The van der Waals surface area contributed by atoms with Crippen molar-refractivity contribution in [1.29, 1.82) is 0 Å². The van der Waals surface area contributed by atoms with E-state index in [1.54, 1.807) is 12.1 Å². The molecule has 0 aliphatic heterocycles. The number of hydrogen-bond donors (Lipinski definition) is 1. The maximum absolute atomic E-state index is 11.4. The third kappa shape index (κ3) is 4.19. The molecule has 0 atom stereocenters. The van der Waals surface area contributed by atoms with Crippen LogP contribution in [-0.4, -0.2) is 11.1 Å². The van der Waals surface area contributed by atoms with Gasteiger partial charge in [-0.3, -0.25) is 0 Å². The van der Waals surface area contributed by atoms with E-state index >= 15 is 0 Å². The van der Waals surface area contributed by atoms with Gasteiger partial charge < -0.3 is 5.11 Å². The van der Waals surface area contributed by atoms with E-state index in [0.29, 0.717) is 0 Å². The van der Waals surface area contributed by atoms with Gasteiger partial charge in [0.05, 0.1) is 5.56 Å². The first-order valence-electron chi connectivity index (χ1n) is 10.9. The van der Waals surface area contributed by atoms with Crippen molar-refractivity contribution in [2.75, 3.05) is 0 Å². The van der Waals surface area contributed by atoms with Crippen molar-refractivity contribution < 1.29 is 9.90 Å². The molecular formula is C31H22O2. The second-order valence-electron chi connectivity index (χ2n) is 7.93. The van der Waals surface area contributed by atoms with Crippen LogP contribution in [0.4, 0.5) is 0 Å². The van der Waals surface area contributed by atoms with Crippen molar-refractivity contribution in [2.24, 2.45) is 0 Å². The van der Waals surface area contributed by atoms with Crippen molar-refractivity contribution in [3.05, 3.63) is 133 Å². The van der Waals surface area contributed by atoms with Gasteiger partial charge in [0.2, 0.25) is 0 Å². The Labute approximate surface area is 193 Å². The quantitative estimate of drug-likeness (QED) is 0.309. The van der Waals surface area contributed by atoms with Crippen LogP contribution in [0.25, 0.3) is 44.5 Å². The largest absolute Gasteiger partial charge is 0.478 e. The summed E-state index contributed by atoms with van der Waals surface area (Å²) >= 11 is 0. The molecular weight excluding hydrogens is 404 g/mol. The van der Waals surface area contributed by atoms with Gasteiger partial charge in [-0.2, -0.15) is 0 Å². The summed E-state index contributed by atoms with van der Waals surface area (Å²) in [6.45, 7) is 0. The highest BCUT2D eigenvalue weighted by molar-refractivity contribution is 5.98. The molecule has 0 aromatic heterocycles. The van der Waals surface area contributed by atoms with Gasteiger partial charge in [-0.05, 0) is 68.8 Å². The number of carbonyl (C=O) groups is 1. The Morgan fingerprint density at radius 3 is 1.30 bits per heavy atom. The maximum atomic E-state index is 11.4. The van der Waals surface area contributed by atoms with Crippen molar-refractivity contribution >= 4 is 5.97 Å². The van der Waals surface area contributed by atoms with E-state index < -0.39 is 5.97 Å². The minimum atomic E-state index is -0.924. The number of benzene rings is 5. The third-order valence-electron chi connectivity index (χ3n) is 5.84. The van der Waals surface area contributed by atoms with Crippen LogP contribution in [0.15, 0.2) is 127 Å². The molecule has 5 aromatic carbocycles. The summed E-state index contributed by atoms with van der Waals surface area (Å²) < 4.78 is 0. The molecule has 2 heteroatoms. The smallest absolute Gasteiger partial charge is 0.335 e. The molecule has 0 saturated heterocycles. The van der Waals surface area contributed by atoms with Crippen molar-refractivity contribution in [1.82, 2.24) is 0 Å². The zero-order valence-electron chi connectivity index (χ0n) is 18.0. The number of carboxylic acid groups (broad SMARTS) is 1. The molecule has 0 aliphatic carbocycles. The summed E-state index contributed by atoms with van der Waals surface area (Å²) in [5.41, 5.74) is 9.09. The van der Waals surface area contributed by atoms with Crippen molar-refractivity contribution in [2.45, 2.75) is 0 Å². The number of carboxylic acids is 1. The molecule has 0 radical (unpaired) electrons. The van der Waals surface area contributed by atoms with Gasteiger partial charge >= 0.3 is 5.97 Å². The second-order valence-corrected chi connectivity index (χ2v) is 7.93. The molecule has 33 heavy (non-hydrogen) atoms. The Balaban J connectivity index is 1.84. The van der Waals surface area contributed by atoms with Gasteiger partial charge in [0.25, 0.3) is 0 Å². The predicted molar refractivity (Wildman–Crippen MR) is 135 cm³/mol. The molecule has 0 unspecified atom stereocenters. The van der Waals surface area contributed by atoms with Crippen LogP contribution in [0.2, 0.25) is 0 Å². The second kappa shape index (κ2) is 8.97. The SMILES string of the molecule is O=C(O)c1ccc(-c2c(-c3ccccc3)cc(-c3ccccc3)cc2-c2ccccc2)cc1. The van der Waals surface area contributed by atoms with Gasteiger partial charge in [0.15, 0.2) is 0 Å². The van der Waals surface area contributed by atoms with E-state index in [0.717, 1.165) is 44.5 Å². The molecule has 0 spiro atoms. The zero-order chi connectivity index (χ0) is 22.6. The average Bonchev–Trinajstić information content (AvgIpc) is 2.89. The van der Waals surface area contributed by atoms with Crippen LogP contribution in [0.1, 0.15) is 10.4 Å². The number of rotatable bonds is 5. The Kier molecular flexibility index (Phi) is 5.57. The van der Waals surface area contributed by atoms with Crippen LogP contribution in [0.5, 0.6) is 0 Å². The van der Waals surface area contributed by atoms with Crippen molar-refractivity contribution in [3.8, 4) is 44.5 Å². The molecule has 1 N–H and O–H groups in total. The Hall–Kier alpha value is -4.43. The van der Waals surface area contributed by atoms with E-state index in [9.17, 15) is 9.90 Å². The van der Waals surface area contributed by atoms with E-state index in [2.05, 4.69) is 60.7 Å². The molecule has 0 saturated carbocycles. The lowest BCUT2D eigenvalue weighted by molar-refractivity contribution is 0.0697. The molecule has 2 nitrogen and oxygen atoms in total. The fourth-order valence-corrected chi connectivity index (χ4v) is 4.22. The predicted octanol–water partition coefficient (Wildman–Crippen LogP) is 8.05. The fraction of sp³-hybridized carbons (Fsp3) is 0. The monoisotopic (exact) mass is 426 g/mol. The molecule has 0 aliphatic rings. The number of aromatic carboxylic acids is 1. The lowest BCUT2D eigenvalue weighted by Gasteiger charge is -2.19. The van der Waals surface area contributed by atoms with Crippen LogP contribution in [0, 0.1) is 0 Å². The van der Waals surface area contributed by atoms with E-state index in [1.165, 1.54) is 0 Å². The molecule has 0 bridgehead atoms. The lowest BCUT2D eigenvalue weighted by Crippen LogP contribution is -1.96. The summed E-state index contributed by atoms with van der Waals surface area (Å²) in [4.78, 5) is 11.4. The first kappa shape index (κ1) is 20.5.